The van der Waals surface area contributed by atoms with E-state index in [0.29, 0.717) is 5.76 Å². The van der Waals surface area contributed by atoms with E-state index < -0.39 is 0 Å². The first-order valence-corrected chi connectivity index (χ1v) is 7.75. The Kier molecular flexibility index (Phi) is 4.48. The molecule has 116 valence electrons. The summed E-state index contributed by atoms with van der Waals surface area (Å²) < 4.78 is 11.8. The summed E-state index contributed by atoms with van der Waals surface area (Å²) in [4.78, 5) is 11.9. The first kappa shape index (κ1) is 15.4. The first-order chi connectivity index (χ1) is 11.1. The molecular weight excluding hydrogens is 358 g/mol. The number of halogens is 1. The predicted octanol–water partition coefficient (Wildman–Crippen LogP) is 4.86. The van der Waals surface area contributed by atoms with Gasteiger partial charge in [-0.15, -0.1) is 0 Å². The summed E-state index contributed by atoms with van der Waals surface area (Å²) in [5, 5.41) is 3.71. The molecule has 4 nitrogen and oxygen atoms in total. The molecule has 1 aromatic heterocycles. The lowest BCUT2D eigenvalue weighted by Gasteiger charge is -2.01. The Hall–Kier alpha value is -2.53. The van der Waals surface area contributed by atoms with Crippen molar-refractivity contribution in [3.8, 4) is 5.75 Å². The highest BCUT2D eigenvalue weighted by atomic mass is 79.9. The molecule has 0 fully saturated rings. The Labute approximate surface area is 141 Å². The van der Waals surface area contributed by atoms with Crippen molar-refractivity contribution >= 4 is 44.6 Å². The van der Waals surface area contributed by atoms with E-state index in [1.165, 1.54) is 6.08 Å². The second-order valence-electron chi connectivity index (χ2n) is 4.88. The number of benzene rings is 2. The van der Waals surface area contributed by atoms with E-state index in [1.807, 2.05) is 48.5 Å². The van der Waals surface area contributed by atoms with Crippen LogP contribution in [0.25, 0.3) is 17.0 Å². The minimum Gasteiger partial charge on any atom is -0.497 e. The maximum Gasteiger partial charge on any atom is 0.248 e. The van der Waals surface area contributed by atoms with Crippen LogP contribution in [0.15, 0.2) is 63.5 Å². The predicted molar refractivity (Wildman–Crippen MR) is 94.6 cm³/mol. The van der Waals surface area contributed by atoms with Gasteiger partial charge in [0.2, 0.25) is 5.91 Å². The zero-order valence-corrected chi connectivity index (χ0v) is 14.0. The third-order valence-corrected chi connectivity index (χ3v) is 3.78. The van der Waals surface area contributed by atoms with Gasteiger partial charge in [-0.25, -0.2) is 0 Å². The Morgan fingerprint density at radius 2 is 1.96 bits per heavy atom. The monoisotopic (exact) mass is 371 g/mol. The summed E-state index contributed by atoms with van der Waals surface area (Å²) >= 11 is 3.35. The molecule has 0 aliphatic heterocycles. The molecule has 0 unspecified atom stereocenters. The van der Waals surface area contributed by atoms with Crippen molar-refractivity contribution in [3.05, 3.63) is 64.8 Å². The molecule has 2 aromatic carbocycles. The van der Waals surface area contributed by atoms with Crippen LogP contribution >= 0.6 is 15.9 Å². The number of fused-ring (bicyclic) bond motifs is 1. The van der Waals surface area contributed by atoms with E-state index in [0.717, 1.165) is 26.9 Å². The minimum atomic E-state index is -0.217. The minimum absolute atomic E-state index is 0.217. The second kappa shape index (κ2) is 6.71. The van der Waals surface area contributed by atoms with E-state index in [4.69, 9.17) is 9.15 Å². The number of hydrogen-bond acceptors (Lipinski definition) is 3. The summed E-state index contributed by atoms with van der Waals surface area (Å²) in [5.74, 6) is 1.16. The third-order valence-electron chi connectivity index (χ3n) is 3.25. The molecule has 0 bridgehead atoms. The van der Waals surface area contributed by atoms with E-state index in [2.05, 4.69) is 21.2 Å². The van der Waals surface area contributed by atoms with Gasteiger partial charge < -0.3 is 14.5 Å². The van der Waals surface area contributed by atoms with Gasteiger partial charge in [-0.05, 0) is 54.6 Å². The molecule has 1 N–H and O–H groups in total. The van der Waals surface area contributed by atoms with Crippen LogP contribution in [0.1, 0.15) is 5.76 Å². The molecule has 1 amide bonds. The summed E-state index contributed by atoms with van der Waals surface area (Å²) in [7, 11) is 1.62. The largest absolute Gasteiger partial charge is 0.497 e. The molecule has 0 aliphatic rings. The third kappa shape index (κ3) is 3.81. The Morgan fingerprint density at radius 1 is 1.17 bits per heavy atom. The number of furan rings is 1. The Morgan fingerprint density at radius 3 is 2.70 bits per heavy atom. The smallest absolute Gasteiger partial charge is 0.248 e. The number of ether oxygens (including phenoxy) is 1. The number of carbonyl (C=O) groups is 1. The fourth-order valence-corrected chi connectivity index (χ4v) is 2.39. The highest BCUT2D eigenvalue weighted by molar-refractivity contribution is 9.10. The number of rotatable bonds is 4. The van der Waals surface area contributed by atoms with Crippen LogP contribution < -0.4 is 10.1 Å². The SMILES string of the molecule is COc1ccc2oc(C=CC(=O)Nc3ccc(Br)cc3)cc2c1. The highest BCUT2D eigenvalue weighted by Gasteiger charge is 2.04. The normalized spacial score (nSPS) is 11.0. The van der Waals surface area contributed by atoms with Gasteiger partial charge in [0, 0.05) is 21.6 Å². The van der Waals surface area contributed by atoms with Crippen LogP contribution in [0.5, 0.6) is 5.75 Å². The van der Waals surface area contributed by atoms with Gasteiger partial charge in [-0.1, -0.05) is 15.9 Å². The number of nitrogens with one attached hydrogen (secondary N) is 1. The zero-order chi connectivity index (χ0) is 16.2. The molecule has 0 saturated carbocycles. The van der Waals surface area contributed by atoms with Crippen LogP contribution in [-0.4, -0.2) is 13.0 Å². The second-order valence-corrected chi connectivity index (χ2v) is 5.80. The highest BCUT2D eigenvalue weighted by Crippen LogP contribution is 2.24. The van der Waals surface area contributed by atoms with Gasteiger partial charge >= 0.3 is 0 Å². The molecule has 0 aliphatic carbocycles. The lowest BCUT2D eigenvalue weighted by atomic mass is 10.2. The summed E-state index contributed by atoms with van der Waals surface area (Å²) in [6, 6.07) is 14.8. The maximum absolute atomic E-state index is 11.9. The van der Waals surface area contributed by atoms with Crippen molar-refractivity contribution < 1.29 is 13.9 Å². The molecular formula is C18H14BrNO3. The van der Waals surface area contributed by atoms with Gasteiger partial charge in [-0.3, -0.25) is 4.79 Å². The lowest BCUT2D eigenvalue weighted by molar-refractivity contribution is -0.111. The Balaban J connectivity index is 1.71. The quantitative estimate of drug-likeness (QED) is 0.666. The van der Waals surface area contributed by atoms with Crippen LogP contribution in [0.2, 0.25) is 0 Å². The first-order valence-electron chi connectivity index (χ1n) is 6.96. The van der Waals surface area contributed by atoms with Crippen LogP contribution in [0.4, 0.5) is 5.69 Å². The molecule has 1 heterocycles. The fraction of sp³-hybridized carbons (Fsp3) is 0.0556. The number of carbonyl (C=O) groups excluding carboxylic acids is 1. The standard InChI is InChI=1S/C18H14BrNO3/c1-22-15-6-8-17-12(10-15)11-16(23-17)7-9-18(21)20-14-4-2-13(19)3-5-14/h2-11H,1H3,(H,20,21). The van der Waals surface area contributed by atoms with Gasteiger partial charge in [0.25, 0.3) is 0 Å². The van der Waals surface area contributed by atoms with Crippen LogP contribution in [-0.2, 0) is 4.79 Å². The molecule has 0 atom stereocenters. The van der Waals surface area contributed by atoms with Crippen LogP contribution in [0, 0.1) is 0 Å². The maximum atomic E-state index is 11.9. The summed E-state index contributed by atoms with van der Waals surface area (Å²) in [5.41, 5.74) is 1.48. The number of hydrogen-bond donors (Lipinski definition) is 1. The van der Waals surface area contributed by atoms with Crippen molar-refractivity contribution in [2.24, 2.45) is 0 Å². The molecule has 0 radical (unpaired) electrons. The molecule has 3 aromatic rings. The zero-order valence-electron chi connectivity index (χ0n) is 12.4. The lowest BCUT2D eigenvalue weighted by Crippen LogP contribution is -2.07. The van der Waals surface area contributed by atoms with Crippen molar-refractivity contribution in [1.29, 1.82) is 0 Å². The summed E-state index contributed by atoms with van der Waals surface area (Å²) in [6.45, 7) is 0. The average Bonchev–Trinajstić information content (AvgIpc) is 2.97. The van der Waals surface area contributed by atoms with Gasteiger partial charge in [-0.2, -0.15) is 0 Å². The average molecular weight is 372 g/mol. The molecule has 5 heteroatoms. The molecule has 3 rings (SSSR count). The van der Waals surface area contributed by atoms with Crippen molar-refractivity contribution in [2.75, 3.05) is 12.4 Å². The number of amides is 1. The molecule has 0 spiro atoms. The van der Waals surface area contributed by atoms with E-state index in [1.54, 1.807) is 13.2 Å². The van der Waals surface area contributed by atoms with Crippen LogP contribution in [0.3, 0.4) is 0 Å². The topological polar surface area (TPSA) is 51.5 Å². The van der Waals surface area contributed by atoms with E-state index in [9.17, 15) is 4.79 Å². The van der Waals surface area contributed by atoms with Crippen molar-refractivity contribution in [2.45, 2.75) is 0 Å². The van der Waals surface area contributed by atoms with E-state index in [-0.39, 0.29) is 5.91 Å². The van der Waals surface area contributed by atoms with Gasteiger partial charge in [0.05, 0.1) is 7.11 Å². The Bertz CT molecular complexity index is 866. The van der Waals surface area contributed by atoms with Gasteiger partial charge in [0.1, 0.15) is 17.1 Å². The molecule has 0 saturated heterocycles. The molecule has 23 heavy (non-hydrogen) atoms. The van der Waals surface area contributed by atoms with Crippen molar-refractivity contribution in [1.82, 2.24) is 0 Å². The van der Waals surface area contributed by atoms with Gasteiger partial charge in [0.15, 0.2) is 0 Å². The number of anilines is 1. The number of methoxy groups -OCH3 is 1. The van der Waals surface area contributed by atoms with E-state index >= 15 is 0 Å². The van der Waals surface area contributed by atoms with Crippen molar-refractivity contribution in [3.63, 3.8) is 0 Å². The summed E-state index contributed by atoms with van der Waals surface area (Å²) in [6.07, 6.45) is 3.08. The fourth-order valence-electron chi connectivity index (χ4n) is 2.13.